The van der Waals surface area contributed by atoms with Crippen molar-refractivity contribution in [3.8, 4) is 11.3 Å². The molecule has 0 bridgehead atoms. The van der Waals surface area contributed by atoms with Crippen LogP contribution in [0.3, 0.4) is 0 Å². The molecular formula is C21H21ClN4S. The summed E-state index contributed by atoms with van der Waals surface area (Å²) in [6, 6.07) is 18.9. The van der Waals surface area contributed by atoms with E-state index in [1.807, 2.05) is 17.7 Å². The summed E-state index contributed by atoms with van der Waals surface area (Å²) in [5.41, 5.74) is 4.40. The van der Waals surface area contributed by atoms with Crippen LogP contribution in [0.2, 0.25) is 0 Å². The van der Waals surface area contributed by atoms with Gasteiger partial charge in [0.2, 0.25) is 0 Å². The molecule has 0 amide bonds. The Hall–Kier alpha value is -2.50. The first kappa shape index (κ1) is 19.3. The molecule has 4 aromatic rings. The van der Waals surface area contributed by atoms with Gasteiger partial charge >= 0.3 is 5.13 Å². The van der Waals surface area contributed by atoms with Gasteiger partial charge in [0.15, 0.2) is 0 Å². The quantitative estimate of drug-likeness (QED) is 0.375. The van der Waals surface area contributed by atoms with Crippen molar-refractivity contribution in [2.75, 3.05) is 0 Å². The third-order valence-corrected chi connectivity index (χ3v) is 5.45. The largest absolute Gasteiger partial charge is 1.00 e. The van der Waals surface area contributed by atoms with Gasteiger partial charge in [-0.3, -0.25) is 0 Å². The van der Waals surface area contributed by atoms with Crippen molar-refractivity contribution in [2.45, 2.75) is 20.4 Å². The molecule has 0 saturated carbocycles. The van der Waals surface area contributed by atoms with Crippen LogP contribution in [0.4, 0.5) is 10.8 Å². The molecule has 0 aliphatic rings. The fourth-order valence-electron chi connectivity index (χ4n) is 3.36. The Bertz CT molecular complexity index is 1100. The van der Waals surface area contributed by atoms with Gasteiger partial charge in [0.05, 0.1) is 23.4 Å². The number of aromatic nitrogens is 2. The molecule has 4 rings (SSSR count). The van der Waals surface area contributed by atoms with Crippen LogP contribution < -0.4 is 17.0 Å². The van der Waals surface area contributed by atoms with Gasteiger partial charge in [-0.25, -0.2) is 4.57 Å². The number of rotatable bonds is 4. The van der Waals surface area contributed by atoms with E-state index in [9.17, 15) is 0 Å². The van der Waals surface area contributed by atoms with Crippen LogP contribution in [-0.4, -0.2) is 4.57 Å². The van der Waals surface area contributed by atoms with Gasteiger partial charge in [0.1, 0.15) is 11.9 Å². The van der Waals surface area contributed by atoms with Crippen LogP contribution in [0, 0.1) is 6.92 Å². The minimum atomic E-state index is 0. The Morgan fingerprint density at radius 2 is 1.70 bits per heavy atom. The minimum absolute atomic E-state index is 0. The lowest BCUT2D eigenvalue weighted by molar-refractivity contribution is -0.654. The van der Waals surface area contributed by atoms with Crippen LogP contribution in [0.5, 0.6) is 0 Å². The van der Waals surface area contributed by atoms with E-state index >= 15 is 0 Å². The number of nitrogens with zero attached hydrogens (tertiary/aromatic N) is 4. The highest BCUT2D eigenvalue weighted by Crippen LogP contribution is 2.41. The molecular weight excluding hydrogens is 376 g/mol. The average molecular weight is 397 g/mol. The Balaban J connectivity index is 0.00000210. The second-order valence-corrected chi connectivity index (χ2v) is 7.47. The molecule has 2 aromatic carbocycles. The van der Waals surface area contributed by atoms with Gasteiger partial charge in [0.25, 0.3) is 0 Å². The molecule has 0 atom stereocenters. The van der Waals surface area contributed by atoms with E-state index in [2.05, 4.69) is 78.3 Å². The zero-order valence-corrected chi connectivity index (χ0v) is 17.1. The van der Waals surface area contributed by atoms with Crippen LogP contribution in [0.1, 0.15) is 11.8 Å². The Morgan fingerprint density at radius 1 is 1.00 bits per heavy atom. The highest BCUT2D eigenvalue weighted by atomic mass is 35.5. The van der Waals surface area contributed by atoms with E-state index in [4.69, 9.17) is 5.11 Å². The molecule has 0 unspecified atom stereocenters. The SMILES string of the molecule is CCn1c(-c2ccccc2)c(/N=N/c2sc(C)c[n+]2C)c2ccccc21.[Cl-]. The molecule has 0 radical (unpaired) electrons. The summed E-state index contributed by atoms with van der Waals surface area (Å²) in [6.45, 7) is 5.14. The van der Waals surface area contributed by atoms with Crippen molar-refractivity contribution >= 4 is 33.1 Å². The molecule has 27 heavy (non-hydrogen) atoms. The predicted molar refractivity (Wildman–Crippen MR) is 107 cm³/mol. The van der Waals surface area contributed by atoms with E-state index in [-0.39, 0.29) is 12.4 Å². The topological polar surface area (TPSA) is 33.5 Å². The summed E-state index contributed by atoms with van der Waals surface area (Å²) >= 11 is 1.65. The maximum atomic E-state index is 4.72. The maximum absolute atomic E-state index is 4.72. The number of azo groups is 1. The van der Waals surface area contributed by atoms with Gasteiger partial charge in [-0.15, -0.1) is 0 Å². The third kappa shape index (κ3) is 3.53. The fraction of sp³-hybridized carbons (Fsp3) is 0.190. The summed E-state index contributed by atoms with van der Waals surface area (Å²) in [7, 11) is 2.01. The van der Waals surface area contributed by atoms with Crippen LogP contribution in [0.15, 0.2) is 71.0 Å². The summed E-state index contributed by atoms with van der Waals surface area (Å²) < 4.78 is 4.34. The van der Waals surface area contributed by atoms with E-state index in [0.717, 1.165) is 34.0 Å². The van der Waals surface area contributed by atoms with Crippen LogP contribution >= 0.6 is 11.3 Å². The van der Waals surface area contributed by atoms with Crippen molar-refractivity contribution in [1.29, 1.82) is 0 Å². The van der Waals surface area contributed by atoms with Crippen molar-refractivity contribution < 1.29 is 17.0 Å². The standard InChI is InChI=1S/C21H21N4S.ClH/c1-4-25-18-13-9-8-12-17(18)19(20(25)16-10-6-5-7-11-16)22-23-21-24(3)14-15(2)26-21;/h5-14H,4H2,1-3H3;1H/q+1;/p-1. The second kappa shape index (κ2) is 8.03. The third-order valence-electron chi connectivity index (χ3n) is 4.47. The van der Waals surface area contributed by atoms with Gasteiger partial charge in [-0.2, -0.15) is 0 Å². The first-order valence-corrected chi connectivity index (χ1v) is 9.55. The molecule has 0 fully saturated rings. The molecule has 0 spiro atoms. The number of hydrogen-bond donors (Lipinski definition) is 0. The highest BCUT2D eigenvalue weighted by molar-refractivity contribution is 7.14. The summed E-state index contributed by atoms with van der Waals surface area (Å²) in [4.78, 5) is 1.22. The summed E-state index contributed by atoms with van der Waals surface area (Å²) in [6.07, 6.45) is 2.08. The minimum Gasteiger partial charge on any atom is -1.00 e. The smallest absolute Gasteiger partial charge is 0.408 e. The normalized spacial score (nSPS) is 11.2. The molecule has 4 nitrogen and oxygen atoms in total. The number of fused-ring (bicyclic) bond motifs is 1. The zero-order chi connectivity index (χ0) is 18.1. The Morgan fingerprint density at radius 3 is 2.37 bits per heavy atom. The molecule has 6 heteroatoms. The lowest BCUT2D eigenvalue weighted by atomic mass is 10.1. The van der Waals surface area contributed by atoms with E-state index in [0.29, 0.717) is 0 Å². The second-order valence-electron chi connectivity index (χ2n) is 6.26. The highest BCUT2D eigenvalue weighted by Gasteiger charge is 2.20. The van der Waals surface area contributed by atoms with Gasteiger partial charge in [-0.05, 0) is 36.4 Å². The molecule has 2 heterocycles. The number of aryl methyl sites for hydroxylation is 3. The van der Waals surface area contributed by atoms with E-state index in [1.165, 1.54) is 10.4 Å². The number of para-hydroxylation sites is 1. The van der Waals surface area contributed by atoms with Crippen LogP contribution in [0.25, 0.3) is 22.2 Å². The zero-order valence-electron chi connectivity index (χ0n) is 15.6. The van der Waals surface area contributed by atoms with Crippen molar-refractivity contribution in [3.05, 3.63) is 65.7 Å². The molecule has 0 saturated heterocycles. The Labute approximate surface area is 169 Å². The number of benzene rings is 2. The molecule has 2 aromatic heterocycles. The monoisotopic (exact) mass is 396 g/mol. The lowest BCUT2D eigenvalue weighted by Crippen LogP contribution is -3.00. The van der Waals surface area contributed by atoms with Crippen molar-refractivity contribution in [2.24, 2.45) is 17.3 Å². The molecule has 0 aliphatic heterocycles. The number of hydrogen-bond acceptors (Lipinski definition) is 3. The number of halogens is 1. The van der Waals surface area contributed by atoms with Gasteiger partial charge < -0.3 is 17.0 Å². The number of thiazole rings is 1. The summed E-state index contributed by atoms with van der Waals surface area (Å²) in [5, 5.41) is 11.3. The lowest BCUT2D eigenvalue weighted by Gasteiger charge is -2.08. The van der Waals surface area contributed by atoms with E-state index < -0.39 is 0 Å². The first-order chi connectivity index (χ1) is 12.7. The molecule has 0 N–H and O–H groups in total. The molecule has 0 aliphatic carbocycles. The van der Waals surface area contributed by atoms with Crippen molar-refractivity contribution in [1.82, 2.24) is 4.57 Å². The maximum Gasteiger partial charge on any atom is 0.408 e. The van der Waals surface area contributed by atoms with Crippen LogP contribution in [-0.2, 0) is 13.6 Å². The first-order valence-electron chi connectivity index (χ1n) is 8.73. The van der Waals surface area contributed by atoms with Gasteiger partial charge in [0, 0.05) is 22.4 Å². The van der Waals surface area contributed by atoms with Gasteiger partial charge in [-0.1, -0.05) is 48.5 Å². The van der Waals surface area contributed by atoms with Crippen molar-refractivity contribution in [3.63, 3.8) is 0 Å². The van der Waals surface area contributed by atoms with E-state index in [1.54, 1.807) is 11.3 Å². The Kier molecular flexibility index (Phi) is 5.73. The molecule has 138 valence electrons. The fourth-order valence-corrected chi connectivity index (χ4v) is 4.13. The predicted octanol–water partition coefficient (Wildman–Crippen LogP) is 2.94. The summed E-state index contributed by atoms with van der Waals surface area (Å²) in [5.74, 6) is 0. The average Bonchev–Trinajstić information content (AvgIpc) is 3.16.